The molecule has 0 aromatic heterocycles. The summed E-state index contributed by atoms with van der Waals surface area (Å²) in [6.07, 6.45) is 0.621. The first-order valence-corrected chi connectivity index (χ1v) is 7.38. The second kappa shape index (κ2) is 5.48. The maximum Gasteiger partial charge on any atom is 0.234 e. The second-order valence-electron chi connectivity index (χ2n) is 5.75. The summed E-state index contributed by atoms with van der Waals surface area (Å²) in [7, 11) is 2.12. The number of nitrogens with zero attached hydrogens (tertiary/aromatic N) is 3. The molecule has 1 aromatic rings. The molecule has 1 radical (unpaired) electrons. The Morgan fingerprint density at radius 1 is 1.05 bits per heavy atom. The number of carbonyl (C=O) groups is 2. The molecule has 5 heteroatoms. The number of amides is 2. The Morgan fingerprint density at radius 3 is 2.29 bits per heavy atom. The zero-order valence-electron chi connectivity index (χ0n) is 12.6. The van der Waals surface area contributed by atoms with Gasteiger partial charge < -0.3 is 9.80 Å². The number of hydrogen-bond acceptors (Lipinski definition) is 4. The largest absolute Gasteiger partial charge is 0.369 e. The van der Waals surface area contributed by atoms with E-state index in [-0.39, 0.29) is 11.8 Å². The van der Waals surface area contributed by atoms with Gasteiger partial charge in [0.15, 0.2) is 0 Å². The van der Waals surface area contributed by atoms with Gasteiger partial charge in [0.25, 0.3) is 0 Å². The van der Waals surface area contributed by atoms with Crippen LogP contribution < -0.4 is 9.80 Å². The molecule has 0 aliphatic carbocycles. The van der Waals surface area contributed by atoms with E-state index < -0.39 is 0 Å². The third-order valence-electron chi connectivity index (χ3n) is 4.32. The van der Waals surface area contributed by atoms with Crippen LogP contribution in [0.4, 0.5) is 11.4 Å². The summed E-state index contributed by atoms with van der Waals surface area (Å²) in [4.78, 5) is 29.8. The highest BCUT2D eigenvalue weighted by molar-refractivity contribution is 6.20. The lowest BCUT2D eigenvalue weighted by Crippen LogP contribution is -2.44. The number of piperazine rings is 1. The molecule has 0 saturated carbocycles. The van der Waals surface area contributed by atoms with Crippen molar-refractivity contribution in [2.24, 2.45) is 0 Å². The highest BCUT2D eigenvalue weighted by Crippen LogP contribution is 2.32. The molecule has 2 heterocycles. The molecule has 1 aromatic carbocycles. The first-order valence-electron chi connectivity index (χ1n) is 7.38. The predicted octanol–water partition coefficient (Wildman–Crippen LogP) is 1.20. The van der Waals surface area contributed by atoms with Crippen molar-refractivity contribution in [1.82, 2.24) is 4.90 Å². The summed E-state index contributed by atoms with van der Waals surface area (Å²) in [6.45, 7) is 5.94. The lowest BCUT2D eigenvalue weighted by atomic mass is 10.1. The highest BCUT2D eigenvalue weighted by atomic mass is 16.2. The number of carbonyl (C=O) groups excluding carboxylic acids is 2. The van der Waals surface area contributed by atoms with Gasteiger partial charge in [-0.2, -0.15) is 0 Å². The van der Waals surface area contributed by atoms with Gasteiger partial charge in [-0.05, 0) is 25.6 Å². The average molecular weight is 286 g/mol. The number of imide groups is 1. The van der Waals surface area contributed by atoms with E-state index >= 15 is 0 Å². The first kappa shape index (κ1) is 14.1. The summed E-state index contributed by atoms with van der Waals surface area (Å²) in [5.41, 5.74) is 2.69. The highest BCUT2D eigenvalue weighted by Gasteiger charge is 2.32. The van der Waals surface area contributed by atoms with Crippen LogP contribution >= 0.6 is 0 Å². The van der Waals surface area contributed by atoms with E-state index in [1.165, 1.54) is 4.90 Å². The molecule has 2 aliphatic rings. The molecular formula is C16H20N3O2. The number of benzene rings is 1. The van der Waals surface area contributed by atoms with Crippen molar-refractivity contribution in [1.29, 1.82) is 0 Å². The number of hydrogen-bond donors (Lipinski definition) is 0. The Morgan fingerprint density at radius 2 is 1.67 bits per heavy atom. The third kappa shape index (κ3) is 2.53. The van der Waals surface area contributed by atoms with E-state index in [2.05, 4.69) is 22.9 Å². The van der Waals surface area contributed by atoms with Gasteiger partial charge in [-0.1, -0.05) is 6.07 Å². The SMILES string of the molecule is Cc1c(N2C(=O)CCC2=O)[c]ccc1N1CCN(C)CC1. The molecule has 21 heavy (non-hydrogen) atoms. The molecule has 0 spiro atoms. The Labute approximate surface area is 125 Å². The molecule has 0 bridgehead atoms. The molecule has 2 saturated heterocycles. The maximum atomic E-state index is 11.9. The van der Waals surface area contributed by atoms with Crippen molar-refractivity contribution in [2.75, 3.05) is 43.0 Å². The van der Waals surface area contributed by atoms with Crippen LogP contribution in [0.1, 0.15) is 18.4 Å². The van der Waals surface area contributed by atoms with E-state index in [1.54, 1.807) is 0 Å². The lowest BCUT2D eigenvalue weighted by molar-refractivity contribution is -0.121. The van der Waals surface area contributed by atoms with Gasteiger partial charge in [-0.25, -0.2) is 4.90 Å². The van der Waals surface area contributed by atoms with Crippen molar-refractivity contribution >= 4 is 23.2 Å². The van der Waals surface area contributed by atoms with Crippen molar-refractivity contribution in [3.05, 3.63) is 23.8 Å². The van der Waals surface area contributed by atoms with Gasteiger partial charge in [-0.3, -0.25) is 9.59 Å². The molecule has 2 aliphatic heterocycles. The maximum absolute atomic E-state index is 11.9. The zero-order chi connectivity index (χ0) is 15.0. The van der Waals surface area contributed by atoms with Gasteiger partial charge in [0.05, 0.1) is 5.69 Å². The molecule has 0 unspecified atom stereocenters. The number of rotatable bonds is 2. The van der Waals surface area contributed by atoms with Crippen LogP contribution in [0, 0.1) is 13.0 Å². The van der Waals surface area contributed by atoms with Gasteiger partial charge in [0, 0.05) is 50.8 Å². The number of anilines is 2. The zero-order valence-corrected chi connectivity index (χ0v) is 12.6. The van der Waals surface area contributed by atoms with Crippen LogP contribution in [0.25, 0.3) is 0 Å². The fraction of sp³-hybridized carbons (Fsp3) is 0.500. The van der Waals surface area contributed by atoms with Crippen molar-refractivity contribution < 1.29 is 9.59 Å². The fourth-order valence-electron chi connectivity index (χ4n) is 3.00. The number of likely N-dealkylation sites (N-methyl/N-ethyl adjacent to an activating group) is 1. The topological polar surface area (TPSA) is 43.9 Å². The van der Waals surface area contributed by atoms with E-state index in [0.29, 0.717) is 18.5 Å². The first-order chi connectivity index (χ1) is 10.1. The van der Waals surface area contributed by atoms with Gasteiger partial charge in [-0.15, -0.1) is 0 Å². The van der Waals surface area contributed by atoms with E-state index in [1.807, 2.05) is 19.1 Å². The van der Waals surface area contributed by atoms with E-state index in [4.69, 9.17) is 0 Å². The molecule has 0 N–H and O–H groups in total. The molecular weight excluding hydrogens is 266 g/mol. The normalized spacial score (nSPS) is 20.5. The minimum absolute atomic E-state index is 0.116. The predicted molar refractivity (Wildman–Crippen MR) is 81.5 cm³/mol. The summed E-state index contributed by atoms with van der Waals surface area (Å²) in [5.74, 6) is -0.232. The molecule has 5 nitrogen and oxygen atoms in total. The summed E-state index contributed by atoms with van der Waals surface area (Å²) < 4.78 is 0. The van der Waals surface area contributed by atoms with Gasteiger partial charge in [0.1, 0.15) is 0 Å². The molecule has 0 atom stereocenters. The molecule has 111 valence electrons. The van der Waals surface area contributed by atoms with Crippen LogP contribution in [0.5, 0.6) is 0 Å². The Hall–Kier alpha value is -1.88. The third-order valence-corrected chi connectivity index (χ3v) is 4.32. The van der Waals surface area contributed by atoms with E-state index in [9.17, 15) is 9.59 Å². The Kier molecular flexibility index (Phi) is 3.68. The summed E-state index contributed by atoms with van der Waals surface area (Å²) in [6, 6.07) is 6.91. The summed E-state index contributed by atoms with van der Waals surface area (Å²) >= 11 is 0. The Bertz CT molecular complexity index is 561. The van der Waals surface area contributed by atoms with Crippen LogP contribution in [0.3, 0.4) is 0 Å². The molecule has 2 fully saturated rings. The van der Waals surface area contributed by atoms with Crippen LogP contribution in [-0.4, -0.2) is 49.9 Å². The van der Waals surface area contributed by atoms with Crippen LogP contribution in [0.2, 0.25) is 0 Å². The minimum Gasteiger partial charge on any atom is -0.369 e. The van der Waals surface area contributed by atoms with E-state index in [0.717, 1.165) is 37.4 Å². The van der Waals surface area contributed by atoms with Crippen molar-refractivity contribution in [3.63, 3.8) is 0 Å². The van der Waals surface area contributed by atoms with Crippen molar-refractivity contribution in [3.8, 4) is 0 Å². The standard InChI is InChI=1S/C16H20N3O2/c1-12-13(18-10-8-17(2)9-11-18)4-3-5-14(12)19-15(20)6-7-16(19)21/h3-4H,6-11H2,1-2H3. The minimum atomic E-state index is -0.116. The average Bonchev–Trinajstić information content (AvgIpc) is 2.80. The van der Waals surface area contributed by atoms with Gasteiger partial charge in [0.2, 0.25) is 11.8 Å². The smallest absolute Gasteiger partial charge is 0.234 e. The van der Waals surface area contributed by atoms with Crippen LogP contribution in [-0.2, 0) is 9.59 Å². The monoisotopic (exact) mass is 286 g/mol. The summed E-state index contributed by atoms with van der Waals surface area (Å²) in [5, 5.41) is 0. The van der Waals surface area contributed by atoms with Crippen molar-refractivity contribution in [2.45, 2.75) is 19.8 Å². The lowest BCUT2D eigenvalue weighted by Gasteiger charge is -2.35. The quantitative estimate of drug-likeness (QED) is 0.766. The fourth-order valence-corrected chi connectivity index (χ4v) is 3.00. The van der Waals surface area contributed by atoms with Crippen LogP contribution in [0.15, 0.2) is 12.1 Å². The molecule has 3 rings (SSSR count). The second-order valence-corrected chi connectivity index (χ2v) is 5.75. The Balaban J connectivity index is 1.92. The van der Waals surface area contributed by atoms with Gasteiger partial charge >= 0.3 is 0 Å². The molecule has 2 amide bonds.